The summed E-state index contributed by atoms with van der Waals surface area (Å²) >= 11 is 0. The highest BCUT2D eigenvalue weighted by molar-refractivity contribution is 7.89. The summed E-state index contributed by atoms with van der Waals surface area (Å²) in [7, 11) is -3.37. The first-order valence-electron chi connectivity index (χ1n) is 5.66. The third kappa shape index (κ3) is 5.27. The molecule has 98 valence electrons. The quantitative estimate of drug-likeness (QED) is 0.748. The Bertz CT molecular complexity index is 517. The van der Waals surface area contributed by atoms with Crippen LogP contribution in [0.4, 0.5) is 0 Å². The Morgan fingerprint density at radius 2 is 2.00 bits per heavy atom. The number of rotatable bonds is 6. The Morgan fingerprint density at radius 1 is 1.39 bits per heavy atom. The van der Waals surface area contributed by atoms with Gasteiger partial charge < -0.3 is 5.32 Å². The van der Waals surface area contributed by atoms with Crippen molar-refractivity contribution in [3.8, 4) is 6.07 Å². The first-order valence-corrected chi connectivity index (χ1v) is 7.38. The van der Waals surface area contributed by atoms with Crippen LogP contribution in [-0.2, 0) is 10.0 Å². The number of sulfonamides is 1. The van der Waals surface area contributed by atoms with E-state index in [9.17, 15) is 8.42 Å². The van der Waals surface area contributed by atoms with Gasteiger partial charge >= 0.3 is 0 Å². The molecule has 0 radical (unpaired) electrons. The van der Waals surface area contributed by atoms with E-state index in [0.29, 0.717) is 18.5 Å². The molecule has 0 fully saturated rings. The average Bonchev–Trinajstić information content (AvgIpc) is 2.33. The molecule has 18 heavy (non-hydrogen) atoms. The van der Waals surface area contributed by atoms with Crippen molar-refractivity contribution in [3.05, 3.63) is 35.4 Å². The van der Waals surface area contributed by atoms with Gasteiger partial charge in [0.15, 0.2) is 0 Å². The molecule has 0 saturated heterocycles. The number of nitrogens with zero attached hydrogens (tertiary/aromatic N) is 1. The molecule has 1 atom stereocenters. The summed E-state index contributed by atoms with van der Waals surface area (Å²) in [5.41, 5.74) is 1.68. The van der Waals surface area contributed by atoms with Crippen molar-refractivity contribution in [2.75, 3.05) is 12.3 Å². The minimum Gasteiger partial charge on any atom is -0.310 e. The summed E-state index contributed by atoms with van der Waals surface area (Å²) in [6.07, 6.45) is 0.486. The van der Waals surface area contributed by atoms with Crippen LogP contribution in [0.1, 0.15) is 30.5 Å². The van der Waals surface area contributed by atoms with Gasteiger partial charge in [-0.3, -0.25) is 0 Å². The standard InChI is InChI=1S/C12H17N3O2S/c1-10(15-7-2-8-18(14,16)17)12-5-3-11(9-13)4-6-12/h3-6,10,15H,2,7-8H2,1H3,(H2,14,16,17). The van der Waals surface area contributed by atoms with Crippen LogP contribution < -0.4 is 10.5 Å². The van der Waals surface area contributed by atoms with Crippen molar-refractivity contribution in [2.24, 2.45) is 5.14 Å². The van der Waals surface area contributed by atoms with E-state index < -0.39 is 10.0 Å². The van der Waals surface area contributed by atoms with E-state index in [1.807, 2.05) is 19.1 Å². The van der Waals surface area contributed by atoms with Gasteiger partial charge in [-0.2, -0.15) is 5.26 Å². The van der Waals surface area contributed by atoms with Crippen LogP contribution in [0.5, 0.6) is 0 Å². The fraction of sp³-hybridized carbons (Fsp3) is 0.417. The molecule has 0 bridgehead atoms. The van der Waals surface area contributed by atoms with Crippen LogP contribution in [0, 0.1) is 11.3 Å². The molecule has 0 aromatic heterocycles. The summed E-state index contributed by atoms with van der Waals surface area (Å²) in [5.74, 6) is -0.0138. The summed E-state index contributed by atoms with van der Waals surface area (Å²) in [4.78, 5) is 0. The number of hydrogen-bond donors (Lipinski definition) is 2. The van der Waals surface area contributed by atoms with Gasteiger partial charge in [0.25, 0.3) is 0 Å². The zero-order valence-corrected chi connectivity index (χ0v) is 11.1. The molecular weight excluding hydrogens is 250 g/mol. The SMILES string of the molecule is CC(NCCCS(N)(=O)=O)c1ccc(C#N)cc1. The van der Waals surface area contributed by atoms with Crippen LogP contribution >= 0.6 is 0 Å². The smallest absolute Gasteiger partial charge is 0.209 e. The topological polar surface area (TPSA) is 96.0 Å². The van der Waals surface area contributed by atoms with Crippen molar-refractivity contribution < 1.29 is 8.42 Å². The Kier molecular flexibility index (Phi) is 5.28. The maximum Gasteiger partial charge on any atom is 0.209 e. The van der Waals surface area contributed by atoms with E-state index in [4.69, 9.17) is 10.4 Å². The summed E-state index contributed by atoms with van der Waals surface area (Å²) in [5, 5.41) is 16.8. The fourth-order valence-electron chi connectivity index (χ4n) is 1.56. The lowest BCUT2D eigenvalue weighted by Gasteiger charge is -2.13. The van der Waals surface area contributed by atoms with Gasteiger partial charge in [0, 0.05) is 6.04 Å². The monoisotopic (exact) mass is 267 g/mol. The Labute approximate surface area is 108 Å². The number of nitrogens with one attached hydrogen (secondary N) is 1. The van der Waals surface area contributed by atoms with Gasteiger partial charge in [0.2, 0.25) is 10.0 Å². The second-order valence-electron chi connectivity index (χ2n) is 4.13. The van der Waals surface area contributed by atoms with Crippen molar-refractivity contribution >= 4 is 10.0 Å². The Hall–Kier alpha value is -1.42. The largest absolute Gasteiger partial charge is 0.310 e. The number of primary sulfonamides is 1. The van der Waals surface area contributed by atoms with Crippen molar-refractivity contribution in [2.45, 2.75) is 19.4 Å². The summed E-state index contributed by atoms with van der Waals surface area (Å²) in [6, 6.07) is 9.46. The zero-order valence-electron chi connectivity index (χ0n) is 10.3. The lowest BCUT2D eigenvalue weighted by atomic mass is 10.1. The highest BCUT2D eigenvalue weighted by atomic mass is 32.2. The molecule has 0 aliphatic carbocycles. The van der Waals surface area contributed by atoms with Crippen LogP contribution in [0.3, 0.4) is 0 Å². The Balaban J connectivity index is 2.41. The van der Waals surface area contributed by atoms with Gasteiger partial charge in [-0.1, -0.05) is 12.1 Å². The normalized spacial score (nSPS) is 12.9. The molecule has 0 amide bonds. The van der Waals surface area contributed by atoms with Crippen LogP contribution in [0.15, 0.2) is 24.3 Å². The van der Waals surface area contributed by atoms with E-state index in [0.717, 1.165) is 5.56 Å². The fourth-order valence-corrected chi connectivity index (χ4v) is 2.10. The minimum atomic E-state index is -3.37. The van der Waals surface area contributed by atoms with E-state index in [2.05, 4.69) is 11.4 Å². The zero-order chi connectivity index (χ0) is 13.6. The summed E-state index contributed by atoms with van der Waals surface area (Å²) in [6.45, 7) is 2.57. The molecule has 6 heteroatoms. The van der Waals surface area contributed by atoms with E-state index in [1.165, 1.54) is 0 Å². The highest BCUT2D eigenvalue weighted by Crippen LogP contribution is 2.12. The van der Waals surface area contributed by atoms with Crippen molar-refractivity contribution in [3.63, 3.8) is 0 Å². The van der Waals surface area contributed by atoms with E-state index >= 15 is 0 Å². The van der Waals surface area contributed by atoms with Crippen LogP contribution in [0.25, 0.3) is 0 Å². The molecule has 0 aliphatic heterocycles. The maximum atomic E-state index is 10.7. The number of hydrogen-bond acceptors (Lipinski definition) is 4. The van der Waals surface area contributed by atoms with Crippen molar-refractivity contribution in [1.29, 1.82) is 5.26 Å². The molecule has 1 unspecified atom stereocenters. The second-order valence-corrected chi connectivity index (χ2v) is 5.86. The molecule has 5 nitrogen and oxygen atoms in total. The average molecular weight is 267 g/mol. The molecule has 0 heterocycles. The molecule has 3 N–H and O–H groups in total. The molecule has 1 aromatic rings. The number of benzene rings is 1. The predicted octanol–water partition coefficient (Wildman–Crippen LogP) is 0.887. The molecule has 1 aromatic carbocycles. The van der Waals surface area contributed by atoms with E-state index in [1.54, 1.807) is 12.1 Å². The molecule has 0 spiro atoms. The second kappa shape index (κ2) is 6.50. The van der Waals surface area contributed by atoms with Gasteiger partial charge in [0.1, 0.15) is 0 Å². The first-order chi connectivity index (χ1) is 8.42. The Morgan fingerprint density at radius 3 is 2.50 bits per heavy atom. The number of nitriles is 1. The minimum absolute atomic E-state index is 0.0138. The highest BCUT2D eigenvalue weighted by Gasteiger charge is 2.06. The lowest BCUT2D eigenvalue weighted by Crippen LogP contribution is -2.24. The van der Waals surface area contributed by atoms with E-state index in [-0.39, 0.29) is 11.8 Å². The van der Waals surface area contributed by atoms with Gasteiger partial charge in [-0.15, -0.1) is 0 Å². The molecule has 1 rings (SSSR count). The van der Waals surface area contributed by atoms with Gasteiger partial charge in [-0.05, 0) is 37.6 Å². The molecule has 0 aliphatic rings. The van der Waals surface area contributed by atoms with Gasteiger partial charge in [0.05, 0.1) is 17.4 Å². The maximum absolute atomic E-state index is 10.7. The molecular formula is C12H17N3O2S. The predicted molar refractivity (Wildman–Crippen MR) is 70.2 cm³/mol. The third-order valence-electron chi connectivity index (χ3n) is 2.60. The van der Waals surface area contributed by atoms with Crippen LogP contribution in [0.2, 0.25) is 0 Å². The molecule has 0 saturated carbocycles. The van der Waals surface area contributed by atoms with Gasteiger partial charge in [-0.25, -0.2) is 13.6 Å². The first kappa shape index (κ1) is 14.6. The number of nitrogens with two attached hydrogens (primary N) is 1. The third-order valence-corrected chi connectivity index (χ3v) is 3.45. The van der Waals surface area contributed by atoms with Crippen LogP contribution in [-0.4, -0.2) is 20.7 Å². The summed E-state index contributed by atoms with van der Waals surface area (Å²) < 4.78 is 21.5. The lowest BCUT2D eigenvalue weighted by molar-refractivity contribution is 0.561. The van der Waals surface area contributed by atoms with Crippen molar-refractivity contribution in [1.82, 2.24) is 5.32 Å².